The Morgan fingerprint density at radius 3 is 0.743 bits per heavy atom. The Kier molecular flexibility index (Phi) is 28.4. The molecule has 2 nitrogen and oxygen atoms in total. The molecule has 0 heterocycles. The fourth-order valence-corrected chi connectivity index (χ4v) is 2.78. The molecule has 218 valence electrons. The number of unbranched alkanes of at least 4 members (excludes halogenated alkanes) is 13. The van der Waals surface area contributed by atoms with Crippen molar-refractivity contribution in [2.45, 2.75) is 96.8 Å². The van der Waals surface area contributed by atoms with Gasteiger partial charge in [-0.25, -0.2) is 0 Å². The Balaban J connectivity index is -0.000000258. The standard InChI is InChI=1S/C19H42N.C4H12N.2BF4/c1-5-6-7-8-9-10-11-12-13-14-15-16-17-18-19-20(2,3)4;1-5(2,3)4;2*2-1(3,4)5/h5-19H2,1-4H3;1-4H3;;/q2*+1;2*-1. The van der Waals surface area contributed by atoms with Crippen LogP contribution in [0.3, 0.4) is 0 Å². The molecule has 35 heavy (non-hydrogen) atoms. The zero-order valence-corrected chi connectivity index (χ0v) is 23.7. The quantitative estimate of drug-likeness (QED) is 0.0855. The van der Waals surface area contributed by atoms with E-state index in [4.69, 9.17) is 0 Å². The first-order chi connectivity index (χ1) is 15.6. The molecule has 0 aromatic heterocycles. The molecule has 0 aliphatic rings. The minimum atomic E-state index is -6.00. The van der Waals surface area contributed by atoms with Crippen LogP contribution in [0, 0.1) is 0 Å². The van der Waals surface area contributed by atoms with Crippen molar-refractivity contribution in [3.8, 4) is 0 Å². The monoisotopic (exact) mass is 532 g/mol. The SMILES string of the molecule is CCCCCCCCCCCCCCCC[N+](C)(C)C.C[N+](C)(C)C.F[B-](F)(F)F.F[B-](F)(F)F. The molecule has 0 atom stereocenters. The Morgan fingerprint density at radius 1 is 0.400 bits per heavy atom. The summed E-state index contributed by atoms with van der Waals surface area (Å²) >= 11 is 0. The van der Waals surface area contributed by atoms with Crippen LogP contribution in [0.25, 0.3) is 0 Å². The van der Waals surface area contributed by atoms with Crippen molar-refractivity contribution in [3.63, 3.8) is 0 Å². The Hall–Kier alpha value is -0.510. The third kappa shape index (κ3) is 122. The van der Waals surface area contributed by atoms with Crippen LogP contribution in [0.5, 0.6) is 0 Å². The summed E-state index contributed by atoms with van der Waals surface area (Å²) < 4.78 is 80.1. The number of nitrogens with zero attached hydrogens (tertiary/aromatic N) is 2. The zero-order chi connectivity index (χ0) is 28.6. The smallest absolute Gasteiger partial charge is 0.418 e. The van der Waals surface area contributed by atoms with Gasteiger partial charge in [0.25, 0.3) is 0 Å². The highest BCUT2D eigenvalue weighted by Gasteiger charge is 2.21. The molecule has 0 bridgehead atoms. The molecule has 0 spiro atoms. The topological polar surface area (TPSA) is 0 Å². The van der Waals surface area contributed by atoms with Crippen molar-refractivity contribution in [3.05, 3.63) is 0 Å². The van der Waals surface area contributed by atoms with Crippen molar-refractivity contribution in [2.75, 3.05) is 55.9 Å². The maximum absolute atomic E-state index is 9.75. The molecule has 12 heteroatoms. The van der Waals surface area contributed by atoms with E-state index in [1.807, 2.05) is 0 Å². The van der Waals surface area contributed by atoms with Gasteiger partial charge < -0.3 is 43.5 Å². The number of hydrogen-bond acceptors (Lipinski definition) is 0. The third-order valence-electron chi connectivity index (χ3n) is 4.18. The van der Waals surface area contributed by atoms with E-state index in [9.17, 15) is 34.5 Å². The number of halogens is 8. The number of quaternary nitrogens is 2. The van der Waals surface area contributed by atoms with Crippen molar-refractivity contribution >= 4 is 14.5 Å². The molecule has 0 aliphatic heterocycles. The molecule has 0 unspecified atom stereocenters. The van der Waals surface area contributed by atoms with Gasteiger partial charge in [-0.2, -0.15) is 0 Å². The lowest BCUT2D eigenvalue weighted by Gasteiger charge is -2.23. The summed E-state index contributed by atoms with van der Waals surface area (Å²) in [5, 5.41) is 0. The van der Waals surface area contributed by atoms with Crippen LogP contribution in [0.2, 0.25) is 0 Å². The minimum absolute atomic E-state index is 1.00. The second kappa shape index (κ2) is 23.9. The molecule has 0 N–H and O–H groups in total. The first kappa shape index (κ1) is 41.6. The van der Waals surface area contributed by atoms with E-state index in [0.29, 0.717) is 0 Å². The first-order valence-corrected chi connectivity index (χ1v) is 12.9. The average molecular weight is 532 g/mol. The average Bonchev–Trinajstić information content (AvgIpc) is 2.57. The van der Waals surface area contributed by atoms with E-state index in [1.165, 1.54) is 96.4 Å². The van der Waals surface area contributed by atoms with Gasteiger partial charge >= 0.3 is 14.5 Å². The fraction of sp³-hybridized carbons (Fsp3) is 1.00. The van der Waals surface area contributed by atoms with Gasteiger partial charge in [-0.05, 0) is 12.8 Å². The summed E-state index contributed by atoms with van der Waals surface area (Å²) in [6.07, 6.45) is 20.4. The van der Waals surface area contributed by atoms with Crippen LogP contribution >= 0.6 is 0 Å². The maximum Gasteiger partial charge on any atom is 0.673 e. The second-order valence-electron chi connectivity index (χ2n) is 11.3. The van der Waals surface area contributed by atoms with Crippen LogP contribution in [0.15, 0.2) is 0 Å². The van der Waals surface area contributed by atoms with E-state index < -0.39 is 14.5 Å². The number of rotatable bonds is 15. The molecule has 0 radical (unpaired) electrons. The first-order valence-electron chi connectivity index (χ1n) is 12.9. The number of hydrogen-bond donors (Lipinski definition) is 0. The Labute approximate surface area is 211 Å². The van der Waals surface area contributed by atoms with E-state index in [1.54, 1.807) is 0 Å². The van der Waals surface area contributed by atoms with Crippen LogP contribution < -0.4 is 0 Å². The lowest BCUT2D eigenvalue weighted by molar-refractivity contribution is -0.870. The van der Waals surface area contributed by atoms with Crippen LogP contribution in [0.1, 0.15) is 96.8 Å². The van der Waals surface area contributed by atoms with Crippen molar-refractivity contribution < 1.29 is 43.5 Å². The normalized spacial score (nSPS) is 12.0. The molecule has 0 amide bonds. The predicted octanol–water partition coefficient (Wildman–Crippen LogP) is 9.10. The highest BCUT2D eigenvalue weighted by Crippen LogP contribution is 2.13. The molecule has 0 saturated carbocycles. The Morgan fingerprint density at radius 2 is 0.571 bits per heavy atom. The summed E-state index contributed by atoms with van der Waals surface area (Å²) in [4.78, 5) is 0. The van der Waals surface area contributed by atoms with Gasteiger partial charge in [-0.15, -0.1) is 0 Å². The van der Waals surface area contributed by atoms with Crippen LogP contribution in [-0.4, -0.2) is 79.4 Å². The van der Waals surface area contributed by atoms with E-state index >= 15 is 0 Å². The van der Waals surface area contributed by atoms with Gasteiger partial charge in [-0.3, -0.25) is 0 Å². The largest absolute Gasteiger partial charge is 0.673 e. The highest BCUT2D eigenvalue weighted by atomic mass is 19.5. The van der Waals surface area contributed by atoms with E-state index in [2.05, 4.69) is 56.3 Å². The second-order valence-corrected chi connectivity index (χ2v) is 11.3. The molecule has 0 aliphatic carbocycles. The van der Waals surface area contributed by atoms with Gasteiger partial charge in [0, 0.05) is 0 Å². The zero-order valence-electron chi connectivity index (χ0n) is 23.7. The van der Waals surface area contributed by atoms with Gasteiger partial charge in [0.15, 0.2) is 0 Å². The molecule has 0 fully saturated rings. The highest BCUT2D eigenvalue weighted by molar-refractivity contribution is 6.50. The van der Waals surface area contributed by atoms with E-state index in [-0.39, 0.29) is 0 Å². The van der Waals surface area contributed by atoms with Crippen LogP contribution in [0.4, 0.5) is 34.5 Å². The molecule has 0 saturated heterocycles. The van der Waals surface area contributed by atoms with Crippen LogP contribution in [-0.2, 0) is 0 Å². The molecule has 0 aromatic rings. The molecular formula is C23H54B2F8N2. The summed E-state index contributed by atoms with van der Waals surface area (Å²) in [6.45, 7) is 3.63. The summed E-state index contributed by atoms with van der Waals surface area (Å²) in [5.41, 5.74) is 0. The van der Waals surface area contributed by atoms with Gasteiger partial charge in [0.05, 0.1) is 55.9 Å². The fourth-order valence-electron chi connectivity index (χ4n) is 2.78. The summed E-state index contributed by atoms with van der Waals surface area (Å²) in [5.74, 6) is 0. The Bertz CT molecular complexity index is 375. The molecule has 0 aromatic carbocycles. The molecule has 0 rings (SSSR count). The van der Waals surface area contributed by atoms with Crippen molar-refractivity contribution in [1.82, 2.24) is 0 Å². The lowest BCUT2D eigenvalue weighted by Crippen LogP contribution is -2.35. The summed E-state index contributed by atoms with van der Waals surface area (Å²) in [6, 6.07) is 0. The predicted molar refractivity (Wildman–Crippen MR) is 138 cm³/mol. The van der Waals surface area contributed by atoms with Gasteiger partial charge in [-0.1, -0.05) is 84.0 Å². The lowest BCUT2D eigenvalue weighted by atomic mass is 10.0. The van der Waals surface area contributed by atoms with Gasteiger partial charge in [0.2, 0.25) is 0 Å². The minimum Gasteiger partial charge on any atom is -0.418 e. The van der Waals surface area contributed by atoms with Crippen molar-refractivity contribution in [2.24, 2.45) is 0 Å². The summed E-state index contributed by atoms with van der Waals surface area (Å²) in [7, 11) is 3.38. The van der Waals surface area contributed by atoms with E-state index in [0.717, 1.165) is 8.97 Å². The van der Waals surface area contributed by atoms with Crippen molar-refractivity contribution in [1.29, 1.82) is 0 Å². The maximum atomic E-state index is 9.75. The molecular weight excluding hydrogens is 478 g/mol. The van der Waals surface area contributed by atoms with Gasteiger partial charge in [0.1, 0.15) is 0 Å². The third-order valence-corrected chi connectivity index (χ3v) is 4.18.